The molecule has 3 heteroatoms. The Hall–Kier alpha value is -1.51. The Labute approximate surface area is 157 Å². The largest absolute Gasteiger partial charge is 0.457 e. The van der Waals surface area contributed by atoms with Crippen LogP contribution in [0.2, 0.25) is 5.02 Å². The number of hydrogen-bond donors (Lipinski definition) is 0. The molecule has 0 spiro atoms. The van der Waals surface area contributed by atoms with Crippen molar-refractivity contribution >= 4 is 11.6 Å². The van der Waals surface area contributed by atoms with Crippen LogP contribution in [0.25, 0.3) is 0 Å². The molecule has 0 aliphatic rings. The molecule has 1 atom stereocenters. The SMILES string of the molecule is CCCN(CCC)CCC(C)c1ccc(Oc2ccc(Cl)cc2)cc1. The molecular formula is C22H30ClNO. The molecule has 2 nitrogen and oxygen atoms in total. The number of nitrogens with zero attached hydrogens (tertiary/aromatic N) is 1. The van der Waals surface area contributed by atoms with Crippen LogP contribution in [0.15, 0.2) is 48.5 Å². The molecule has 2 rings (SSSR count). The van der Waals surface area contributed by atoms with Gasteiger partial charge in [-0.15, -0.1) is 0 Å². The van der Waals surface area contributed by atoms with Crippen LogP contribution in [0.4, 0.5) is 0 Å². The predicted octanol–water partition coefficient (Wildman–Crippen LogP) is 6.75. The lowest BCUT2D eigenvalue weighted by Gasteiger charge is -2.23. The Morgan fingerprint density at radius 3 is 1.88 bits per heavy atom. The quantitative estimate of drug-likeness (QED) is 0.465. The van der Waals surface area contributed by atoms with Gasteiger partial charge in [-0.1, -0.05) is 44.5 Å². The average Bonchev–Trinajstić information content (AvgIpc) is 2.62. The molecule has 2 aromatic rings. The minimum absolute atomic E-state index is 0.556. The Balaban J connectivity index is 1.88. The van der Waals surface area contributed by atoms with Crippen molar-refractivity contribution in [3.63, 3.8) is 0 Å². The van der Waals surface area contributed by atoms with Gasteiger partial charge in [-0.25, -0.2) is 0 Å². The van der Waals surface area contributed by atoms with Crippen molar-refractivity contribution < 1.29 is 4.74 Å². The molecule has 0 amide bonds. The zero-order valence-electron chi connectivity index (χ0n) is 15.7. The number of rotatable bonds is 10. The molecule has 0 aliphatic heterocycles. The maximum atomic E-state index is 5.90. The average molecular weight is 360 g/mol. The highest BCUT2D eigenvalue weighted by Gasteiger charge is 2.09. The molecule has 0 saturated heterocycles. The van der Waals surface area contributed by atoms with Gasteiger partial charge in [0.1, 0.15) is 11.5 Å². The summed E-state index contributed by atoms with van der Waals surface area (Å²) in [5.41, 5.74) is 1.37. The van der Waals surface area contributed by atoms with Gasteiger partial charge >= 0.3 is 0 Å². The summed E-state index contributed by atoms with van der Waals surface area (Å²) in [7, 11) is 0. The molecule has 0 saturated carbocycles. The van der Waals surface area contributed by atoms with Gasteiger partial charge in [0, 0.05) is 5.02 Å². The zero-order valence-corrected chi connectivity index (χ0v) is 16.4. The summed E-state index contributed by atoms with van der Waals surface area (Å²) in [6.07, 6.45) is 3.65. The number of ether oxygens (including phenoxy) is 1. The first-order valence-electron chi connectivity index (χ1n) is 9.38. The van der Waals surface area contributed by atoms with E-state index >= 15 is 0 Å². The molecule has 1 unspecified atom stereocenters. The lowest BCUT2D eigenvalue weighted by molar-refractivity contribution is 0.265. The number of hydrogen-bond acceptors (Lipinski definition) is 2. The standard InChI is InChI=1S/C22H30ClNO/c1-4-15-24(16-5-2)17-14-18(3)19-6-10-21(11-7-19)25-22-12-8-20(23)9-13-22/h6-13,18H,4-5,14-17H2,1-3H3. The fourth-order valence-corrected chi connectivity index (χ4v) is 3.14. The van der Waals surface area contributed by atoms with Gasteiger partial charge in [0.05, 0.1) is 0 Å². The summed E-state index contributed by atoms with van der Waals surface area (Å²) in [5, 5.41) is 0.719. The fraction of sp³-hybridized carbons (Fsp3) is 0.455. The molecular weight excluding hydrogens is 330 g/mol. The van der Waals surface area contributed by atoms with Crippen LogP contribution in [0.3, 0.4) is 0 Å². The van der Waals surface area contributed by atoms with E-state index in [4.69, 9.17) is 16.3 Å². The summed E-state index contributed by atoms with van der Waals surface area (Å²) in [6.45, 7) is 10.4. The minimum Gasteiger partial charge on any atom is -0.457 e. The van der Waals surface area contributed by atoms with Crippen LogP contribution in [0, 0.1) is 0 Å². The highest BCUT2D eigenvalue weighted by atomic mass is 35.5. The molecule has 0 aliphatic carbocycles. The molecule has 0 radical (unpaired) electrons. The van der Waals surface area contributed by atoms with Crippen LogP contribution in [0.5, 0.6) is 11.5 Å². The first-order valence-corrected chi connectivity index (χ1v) is 9.76. The van der Waals surface area contributed by atoms with E-state index in [0.29, 0.717) is 5.92 Å². The van der Waals surface area contributed by atoms with Crippen molar-refractivity contribution in [2.24, 2.45) is 0 Å². The summed E-state index contributed by atoms with van der Waals surface area (Å²) in [6, 6.07) is 15.9. The van der Waals surface area contributed by atoms with Crippen LogP contribution in [-0.2, 0) is 0 Å². The van der Waals surface area contributed by atoms with Crippen LogP contribution < -0.4 is 4.74 Å². The zero-order chi connectivity index (χ0) is 18.1. The van der Waals surface area contributed by atoms with Gasteiger partial charge in [0.25, 0.3) is 0 Å². The maximum Gasteiger partial charge on any atom is 0.127 e. The Bertz CT molecular complexity index is 603. The smallest absolute Gasteiger partial charge is 0.127 e. The summed E-state index contributed by atoms with van der Waals surface area (Å²) in [5.74, 6) is 2.22. The van der Waals surface area contributed by atoms with Gasteiger partial charge in [-0.2, -0.15) is 0 Å². The lowest BCUT2D eigenvalue weighted by Crippen LogP contribution is -2.27. The van der Waals surface area contributed by atoms with E-state index < -0.39 is 0 Å². The van der Waals surface area contributed by atoms with E-state index in [1.165, 1.54) is 44.5 Å². The molecule has 0 aromatic heterocycles. The van der Waals surface area contributed by atoms with Crippen molar-refractivity contribution in [1.82, 2.24) is 4.90 Å². The minimum atomic E-state index is 0.556. The third-order valence-electron chi connectivity index (χ3n) is 4.46. The second-order valence-corrected chi connectivity index (χ2v) is 7.09. The second-order valence-electron chi connectivity index (χ2n) is 6.66. The Morgan fingerprint density at radius 1 is 0.840 bits per heavy atom. The fourth-order valence-electron chi connectivity index (χ4n) is 3.01. The monoisotopic (exact) mass is 359 g/mol. The number of benzene rings is 2. The first kappa shape index (κ1) is 19.8. The third-order valence-corrected chi connectivity index (χ3v) is 4.71. The number of halogens is 1. The van der Waals surface area contributed by atoms with E-state index in [-0.39, 0.29) is 0 Å². The van der Waals surface area contributed by atoms with Crippen molar-refractivity contribution in [2.45, 2.75) is 46.0 Å². The molecule has 0 heterocycles. The second kappa shape index (κ2) is 10.5. The van der Waals surface area contributed by atoms with Gasteiger partial charge in [-0.05, 0) is 86.8 Å². The Kier molecular flexibility index (Phi) is 8.30. The lowest BCUT2D eigenvalue weighted by atomic mass is 9.97. The topological polar surface area (TPSA) is 12.5 Å². The summed E-state index contributed by atoms with van der Waals surface area (Å²) < 4.78 is 5.86. The molecule has 0 bridgehead atoms. The van der Waals surface area contributed by atoms with E-state index in [0.717, 1.165) is 16.5 Å². The van der Waals surface area contributed by atoms with Gasteiger partial charge < -0.3 is 9.64 Å². The molecule has 0 fully saturated rings. The van der Waals surface area contributed by atoms with Crippen molar-refractivity contribution in [3.8, 4) is 11.5 Å². The van der Waals surface area contributed by atoms with Gasteiger partial charge in [0.15, 0.2) is 0 Å². The van der Waals surface area contributed by atoms with E-state index in [2.05, 4.69) is 49.9 Å². The van der Waals surface area contributed by atoms with Gasteiger partial charge in [0.2, 0.25) is 0 Å². The summed E-state index contributed by atoms with van der Waals surface area (Å²) >= 11 is 5.90. The summed E-state index contributed by atoms with van der Waals surface area (Å²) in [4.78, 5) is 2.58. The third kappa shape index (κ3) is 6.72. The molecule has 136 valence electrons. The van der Waals surface area contributed by atoms with Crippen LogP contribution in [0.1, 0.15) is 51.5 Å². The molecule has 0 N–H and O–H groups in total. The Morgan fingerprint density at radius 2 is 1.36 bits per heavy atom. The van der Waals surface area contributed by atoms with Crippen LogP contribution >= 0.6 is 11.6 Å². The van der Waals surface area contributed by atoms with E-state index in [1.54, 1.807) is 0 Å². The van der Waals surface area contributed by atoms with Crippen LogP contribution in [-0.4, -0.2) is 24.5 Å². The van der Waals surface area contributed by atoms with Crippen molar-refractivity contribution in [2.75, 3.05) is 19.6 Å². The van der Waals surface area contributed by atoms with Crippen molar-refractivity contribution in [1.29, 1.82) is 0 Å². The molecule has 2 aromatic carbocycles. The van der Waals surface area contributed by atoms with E-state index in [9.17, 15) is 0 Å². The first-order chi connectivity index (χ1) is 12.1. The van der Waals surface area contributed by atoms with E-state index in [1.807, 2.05) is 24.3 Å². The predicted molar refractivity (Wildman–Crippen MR) is 108 cm³/mol. The van der Waals surface area contributed by atoms with Crippen molar-refractivity contribution in [3.05, 3.63) is 59.1 Å². The highest BCUT2D eigenvalue weighted by molar-refractivity contribution is 6.30. The normalized spacial score (nSPS) is 12.4. The maximum absolute atomic E-state index is 5.90. The molecule has 25 heavy (non-hydrogen) atoms. The highest BCUT2D eigenvalue weighted by Crippen LogP contribution is 2.26. The van der Waals surface area contributed by atoms with Gasteiger partial charge in [-0.3, -0.25) is 0 Å².